The molecule has 1 amide bonds. The van der Waals surface area contributed by atoms with Gasteiger partial charge in [-0.2, -0.15) is 15.0 Å². The molecular weight excluding hydrogens is 362 g/mol. The number of rotatable bonds is 5. The highest BCUT2D eigenvalue weighted by molar-refractivity contribution is 7.89. The Bertz CT molecular complexity index is 923. The number of amides is 1. The predicted molar refractivity (Wildman–Crippen MR) is 81.7 cm³/mol. The van der Waals surface area contributed by atoms with Gasteiger partial charge in [0.1, 0.15) is 15.6 Å². The molecule has 2 heterocycles. The summed E-state index contributed by atoms with van der Waals surface area (Å²) >= 11 is 0.563. The number of anilines is 1. The van der Waals surface area contributed by atoms with Crippen molar-refractivity contribution in [3.05, 3.63) is 21.6 Å². The van der Waals surface area contributed by atoms with Gasteiger partial charge in [0.05, 0.1) is 12.7 Å². The molecule has 24 heavy (non-hydrogen) atoms. The van der Waals surface area contributed by atoms with Crippen LogP contribution >= 0.6 is 11.3 Å². The van der Waals surface area contributed by atoms with Gasteiger partial charge in [0.2, 0.25) is 16.0 Å². The third-order valence-corrected chi connectivity index (χ3v) is 4.69. The summed E-state index contributed by atoms with van der Waals surface area (Å²) < 4.78 is 28.1. The SMILES string of the molecule is COc1nc(C)nc(NC(=O)c2csc(C(=O)O)c2S(N)(=O)=O)n1. The van der Waals surface area contributed by atoms with E-state index in [9.17, 15) is 18.0 Å². The van der Waals surface area contributed by atoms with E-state index in [2.05, 4.69) is 20.3 Å². The molecule has 0 aliphatic heterocycles. The zero-order valence-corrected chi connectivity index (χ0v) is 13.9. The molecule has 2 aromatic heterocycles. The number of aromatic carboxylic acids is 1. The molecule has 11 nitrogen and oxygen atoms in total. The van der Waals surface area contributed by atoms with Crippen molar-refractivity contribution < 1.29 is 27.9 Å². The smallest absolute Gasteiger partial charge is 0.347 e. The third kappa shape index (κ3) is 3.64. The molecule has 13 heteroatoms. The first-order valence-corrected chi connectivity index (χ1v) is 8.51. The van der Waals surface area contributed by atoms with Crippen LogP contribution in [0.25, 0.3) is 0 Å². The number of carbonyl (C=O) groups is 2. The van der Waals surface area contributed by atoms with Crippen molar-refractivity contribution in [1.29, 1.82) is 0 Å². The molecule has 0 aromatic carbocycles. The van der Waals surface area contributed by atoms with Gasteiger partial charge in [0, 0.05) is 5.38 Å². The molecule has 128 valence electrons. The van der Waals surface area contributed by atoms with E-state index in [0.717, 1.165) is 5.38 Å². The van der Waals surface area contributed by atoms with E-state index in [-0.39, 0.29) is 17.8 Å². The fraction of sp³-hybridized carbons (Fsp3) is 0.182. The summed E-state index contributed by atoms with van der Waals surface area (Å²) in [6, 6.07) is -0.0546. The number of nitrogens with one attached hydrogen (secondary N) is 1. The third-order valence-electron chi connectivity index (χ3n) is 2.60. The normalized spacial score (nSPS) is 11.1. The molecule has 0 saturated heterocycles. The number of thiophene rings is 1. The maximum absolute atomic E-state index is 12.3. The summed E-state index contributed by atoms with van der Waals surface area (Å²) in [6.07, 6.45) is 0. The maximum Gasteiger partial charge on any atom is 0.347 e. The van der Waals surface area contributed by atoms with E-state index in [0.29, 0.717) is 11.3 Å². The Morgan fingerprint density at radius 3 is 2.54 bits per heavy atom. The van der Waals surface area contributed by atoms with Crippen LogP contribution in [0.4, 0.5) is 5.95 Å². The summed E-state index contributed by atoms with van der Waals surface area (Å²) in [5.41, 5.74) is -0.420. The first kappa shape index (κ1) is 17.7. The molecule has 2 rings (SSSR count). The number of hydrogen-bond acceptors (Lipinski definition) is 9. The highest BCUT2D eigenvalue weighted by Crippen LogP contribution is 2.27. The number of sulfonamides is 1. The van der Waals surface area contributed by atoms with E-state index >= 15 is 0 Å². The highest BCUT2D eigenvalue weighted by Gasteiger charge is 2.29. The van der Waals surface area contributed by atoms with Gasteiger partial charge in [-0.15, -0.1) is 11.3 Å². The molecule has 2 aromatic rings. The molecule has 0 spiro atoms. The van der Waals surface area contributed by atoms with Gasteiger partial charge in [0.25, 0.3) is 5.91 Å². The average Bonchev–Trinajstić information content (AvgIpc) is 2.91. The zero-order chi connectivity index (χ0) is 18.1. The van der Waals surface area contributed by atoms with E-state index in [1.165, 1.54) is 14.0 Å². The Hall–Kier alpha value is -2.64. The quantitative estimate of drug-likeness (QED) is 0.643. The Labute approximate surface area is 139 Å². The van der Waals surface area contributed by atoms with Crippen LogP contribution in [-0.2, 0) is 10.0 Å². The second kappa shape index (κ2) is 6.46. The van der Waals surface area contributed by atoms with Gasteiger partial charge in [-0.05, 0) is 6.92 Å². The molecular formula is C11H11N5O6S2. The summed E-state index contributed by atoms with van der Waals surface area (Å²) in [4.78, 5) is 33.5. The van der Waals surface area contributed by atoms with Crippen LogP contribution in [0.15, 0.2) is 10.3 Å². The zero-order valence-electron chi connectivity index (χ0n) is 12.3. The lowest BCUT2D eigenvalue weighted by molar-refractivity contribution is 0.0698. The van der Waals surface area contributed by atoms with Crippen LogP contribution in [-0.4, -0.2) is 47.5 Å². The molecule has 0 radical (unpaired) electrons. The molecule has 0 bridgehead atoms. The number of carbonyl (C=O) groups excluding carboxylic acids is 1. The lowest BCUT2D eigenvalue weighted by Crippen LogP contribution is -2.22. The Kier molecular flexibility index (Phi) is 4.77. The van der Waals surface area contributed by atoms with Gasteiger partial charge in [-0.1, -0.05) is 0 Å². The van der Waals surface area contributed by atoms with Gasteiger partial charge in [0.15, 0.2) is 0 Å². The number of primary sulfonamides is 1. The number of aromatic nitrogens is 3. The summed E-state index contributed by atoms with van der Waals surface area (Å²) in [5, 5.41) is 17.4. The fourth-order valence-electron chi connectivity index (χ4n) is 1.71. The van der Waals surface area contributed by atoms with Crippen LogP contribution < -0.4 is 15.2 Å². The standard InChI is InChI=1S/C11H11N5O6S2/c1-4-13-10(16-11(14-4)22-2)15-8(17)5-3-23-6(9(18)19)7(5)24(12,20)21/h3H,1-2H3,(H,18,19)(H2,12,20,21)(H,13,14,15,16,17). The van der Waals surface area contributed by atoms with Crippen LogP contribution in [0.3, 0.4) is 0 Å². The van der Waals surface area contributed by atoms with Gasteiger partial charge in [-0.25, -0.2) is 18.4 Å². The largest absolute Gasteiger partial charge is 0.477 e. The van der Waals surface area contributed by atoms with Crippen molar-refractivity contribution in [2.45, 2.75) is 11.8 Å². The lowest BCUT2D eigenvalue weighted by Gasteiger charge is -2.06. The Balaban J connectivity index is 2.45. The topological polar surface area (TPSA) is 174 Å². The number of carboxylic acid groups (broad SMARTS) is 1. The van der Waals surface area contributed by atoms with Crippen molar-refractivity contribution >= 4 is 39.2 Å². The lowest BCUT2D eigenvalue weighted by atomic mass is 10.3. The maximum atomic E-state index is 12.3. The minimum absolute atomic E-state index is 0.0546. The van der Waals surface area contributed by atoms with E-state index in [1.54, 1.807) is 0 Å². The van der Waals surface area contributed by atoms with Gasteiger partial charge >= 0.3 is 12.0 Å². The summed E-state index contributed by atoms with van der Waals surface area (Å²) in [6.45, 7) is 1.53. The molecule has 0 unspecified atom stereocenters. The second-order valence-electron chi connectivity index (χ2n) is 4.30. The number of hydrogen-bond donors (Lipinski definition) is 3. The van der Waals surface area contributed by atoms with E-state index in [4.69, 9.17) is 15.0 Å². The first-order valence-electron chi connectivity index (χ1n) is 6.09. The number of nitrogens with two attached hydrogens (primary N) is 1. The molecule has 0 fully saturated rings. The van der Waals surface area contributed by atoms with Crippen LogP contribution in [0, 0.1) is 6.92 Å². The number of methoxy groups -OCH3 is 1. The molecule has 0 aliphatic carbocycles. The first-order chi connectivity index (χ1) is 11.1. The highest BCUT2D eigenvalue weighted by atomic mass is 32.2. The van der Waals surface area contributed by atoms with Crippen molar-refractivity contribution in [2.24, 2.45) is 5.14 Å². The number of aryl methyl sites for hydroxylation is 1. The van der Waals surface area contributed by atoms with Crippen molar-refractivity contribution in [2.75, 3.05) is 12.4 Å². The van der Waals surface area contributed by atoms with Gasteiger partial charge < -0.3 is 9.84 Å². The summed E-state index contributed by atoms with van der Waals surface area (Å²) in [5.74, 6) is -2.38. The Morgan fingerprint density at radius 1 is 1.33 bits per heavy atom. The monoisotopic (exact) mass is 373 g/mol. The van der Waals surface area contributed by atoms with E-state index in [1.807, 2.05) is 0 Å². The number of nitrogens with zero attached hydrogens (tertiary/aromatic N) is 3. The van der Waals surface area contributed by atoms with Crippen LogP contribution in [0.2, 0.25) is 0 Å². The second-order valence-corrected chi connectivity index (χ2v) is 6.68. The summed E-state index contributed by atoms with van der Waals surface area (Å²) in [7, 11) is -3.12. The van der Waals surface area contributed by atoms with E-state index < -0.39 is 37.2 Å². The predicted octanol–water partition coefficient (Wildman–Crippen LogP) is -0.152. The minimum atomic E-state index is -4.43. The van der Waals surface area contributed by atoms with Crippen molar-refractivity contribution in [3.63, 3.8) is 0 Å². The van der Waals surface area contributed by atoms with Crippen molar-refractivity contribution in [1.82, 2.24) is 15.0 Å². The molecule has 4 N–H and O–H groups in total. The van der Waals surface area contributed by atoms with Crippen LogP contribution in [0.5, 0.6) is 6.01 Å². The average molecular weight is 373 g/mol. The minimum Gasteiger partial charge on any atom is -0.477 e. The number of carboxylic acids is 1. The van der Waals surface area contributed by atoms with Gasteiger partial charge in [-0.3, -0.25) is 10.1 Å². The molecule has 0 atom stereocenters. The number of ether oxygens (including phenoxy) is 1. The van der Waals surface area contributed by atoms with Crippen LogP contribution in [0.1, 0.15) is 25.9 Å². The molecule has 0 aliphatic rings. The van der Waals surface area contributed by atoms with Crippen molar-refractivity contribution in [3.8, 4) is 6.01 Å². The fourth-order valence-corrected chi connectivity index (χ4v) is 3.86. The Morgan fingerprint density at radius 2 is 2.00 bits per heavy atom. The molecule has 0 saturated carbocycles.